The van der Waals surface area contributed by atoms with Crippen LogP contribution in [0.2, 0.25) is 0 Å². The van der Waals surface area contributed by atoms with Crippen LogP contribution in [0.5, 0.6) is 0 Å². The van der Waals surface area contributed by atoms with Crippen LogP contribution in [-0.2, 0) is 17.5 Å². The van der Waals surface area contributed by atoms with Gasteiger partial charge in [-0.3, -0.25) is 9.69 Å². The van der Waals surface area contributed by atoms with Crippen LogP contribution >= 0.6 is 35.3 Å². The third-order valence-electron chi connectivity index (χ3n) is 4.52. The van der Waals surface area contributed by atoms with E-state index in [0.29, 0.717) is 43.2 Å². The molecule has 1 aliphatic heterocycles. The number of halogens is 4. The highest BCUT2D eigenvalue weighted by Gasteiger charge is 2.33. The number of aliphatic imine (C=N–C) groups is 1. The molecule has 12 heteroatoms. The van der Waals surface area contributed by atoms with E-state index in [1.807, 2.05) is 6.92 Å². The zero-order valence-corrected chi connectivity index (χ0v) is 19.3. The first-order valence-electron chi connectivity index (χ1n) is 9.41. The second kappa shape index (κ2) is 10.8. The van der Waals surface area contributed by atoms with Crippen LogP contribution in [0, 0.1) is 0 Å². The summed E-state index contributed by atoms with van der Waals surface area (Å²) in [5, 5.41) is 7.52. The summed E-state index contributed by atoms with van der Waals surface area (Å²) in [7, 11) is 0. The second-order valence-electron chi connectivity index (χ2n) is 6.90. The van der Waals surface area contributed by atoms with Crippen molar-refractivity contribution in [1.29, 1.82) is 0 Å². The number of carbonyl (C=O) groups is 1. The van der Waals surface area contributed by atoms with Gasteiger partial charge in [0.25, 0.3) is 0 Å². The highest BCUT2D eigenvalue weighted by molar-refractivity contribution is 14.0. The lowest BCUT2D eigenvalue weighted by molar-refractivity contribution is -0.140. The number of aromatic nitrogens is 1. The van der Waals surface area contributed by atoms with Crippen LogP contribution in [0.3, 0.4) is 0 Å². The van der Waals surface area contributed by atoms with Gasteiger partial charge in [-0.15, -0.1) is 35.3 Å². The van der Waals surface area contributed by atoms with E-state index in [0.717, 1.165) is 42.6 Å². The number of nitrogens with one attached hydrogen (secondary N) is 2. The molecule has 1 saturated heterocycles. The Balaban J connectivity index is 0.00000300. The molecule has 1 aliphatic carbocycles. The summed E-state index contributed by atoms with van der Waals surface area (Å²) in [6.07, 6.45) is -2.28. The van der Waals surface area contributed by atoms with Gasteiger partial charge in [0, 0.05) is 44.1 Å². The SMILES string of the molecule is CCNC(=NCc1nc(C(F)(F)F)cs1)N1CCN(CC(=O)NC2CC2)CC1.I. The highest BCUT2D eigenvalue weighted by Crippen LogP contribution is 2.30. The average molecular weight is 546 g/mol. The fourth-order valence-corrected chi connectivity index (χ4v) is 3.63. The van der Waals surface area contributed by atoms with E-state index in [4.69, 9.17) is 0 Å². The molecule has 1 saturated carbocycles. The molecule has 7 nitrogen and oxygen atoms in total. The molecule has 2 heterocycles. The Morgan fingerprint density at radius 3 is 2.55 bits per heavy atom. The Bertz CT molecular complexity index is 702. The molecule has 164 valence electrons. The van der Waals surface area contributed by atoms with E-state index in [1.54, 1.807) is 0 Å². The van der Waals surface area contributed by atoms with Gasteiger partial charge in [0.1, 0.15) is 5.01 Å². The number of piperazine rings is 1. The van der Waals surface area contributed by atoms with Crippen molar-refractivity contribution in [3.63, 3.8) is 0 Å². The third-order valence-corrected chi connectivity index (χ3v) is 5.36. The number of nitrogens with zero attached hydrogens (tertiary/aromatic N) is 4. The molecule has 1 aromatic rings. The average Bonchev–Trinajstić information content (AvgIpc) is 3.31. The summed E-state index contributed by atoms with van der Waals surface area (Å²) in [6.45, 7) is 5.98. The molecule has 0 spiro atoms. The largest absolute Gasteiger partial charge is 0.434 e. The van der Waals surface area contributed by atoms with Gasteiger partial charge in [-0.05, 0) is 19.8 Å². The van der Waals surface area contributed by atoms with Crippen LogP contribution in [0.15, 0.2) is 10.4 Å². The van der Waals surface area contributed by atoms with Gasteiger partial charge in [-0.25, -0.2) is 9.98 Å². The third kappa shape index (κ3) is 7.55. The molecule has 0 bridgehead atoms. The quantitative estimate of drug-likeness (QED) is 0.325. The van der Waals surface area contributed by atoms with Crippen LogP contribution < -0.4 is 10.6 Å². The Morgan fingerprint density at radius 2 is 2.00 bits per heavy atom. The topological polar surface area (TPSA) is 72.9 Å². The van der Waals surface area contributed by atoms with Gasteiger partial charge in [0.05, 0.1) is 13.1 Å². The molecule has 2 N–H and O–H groups in total. The minimum atomic E-state index is -4.43. The normalized spacial score (nSPS) is 18.3. The van der Waals surface area contributed by atoms with Gasteiger partial charge in [-0.1, -0.05) is 0 Å². The van der Waals surface area contributed by atoms with Crippen molar-refractivity contribution in [2.45, 2.75) is 38.5 Å². The number of amides is 1. The van der Waals surface area contributed by atoms with Crippen LogP contribution in [0.1, 0.15) is 30.5 Å². The zero-order chi connectivity index (χ0) is 20.1. The molecular formula is C17H26F3IN6OS. The molecule has 2 fully saturated rings. The van der Waals surface area contributed by atoms with Crippen molar-refractivity contribution in [1.82, 2.24) is 25.4 Å². The van der Waals surface area contributed by atoms with Crippen molar-refractivity contribution in [3.8, 4) is 0 Å². The van der Waals surface area contributed by atoms with E-state index in [1.165, 1.54) is 0 Å². The lowest BCUT2D eigenvalue weighted by atomic mass is 10.3. The van der Waals surface area contributed by atoms with E-state index >= 15 is 0 Å². The van der Waals surface area contributed by atoms with Gasteiger partial charge >= 0.3 is 6.18 Å². The predicted octanol–water partition coefficient (Wildman–Crippen LogP) is 2.14. The van der Waals surface area contributed by atoms with Crippen molar-refractivity contribution < 1.29 is 18.0 Å². The molecule has 0 radical (unpaired) electrons. The van der Waals surface area contributed by atoms with Gasteiger partial charge in [0.2, 0.25) is 5.91 Å². The van der Waals surface area contributed by atoms with Crippen molar-refractivity contribution in [3.05, 3.63) is 16.1 Å². The molecule has 2 aliphatic rings. The minimum absolute atomic E-state index is 0. The Labute approximate surface area is 189 Å². The van der Waals surface area contributed by atoms with Crippen molar-refractivity contribution >= 4 is 47.2 Å². The Hall–Kier alpha value is -1.15. The molecule has 1 aromatic heterocycles. The summed E-state index contributed by atoms with van der Waals surface area (Å²) in [5.41, 5.74) is -0.870. The lowest BCUT2D eigenvalue weighted by Crippen LogP contribution is -2.54. The summed E-state index contributed by atoms with van der Waals surface area (Å²) in [6, 6.07) is 0.366. The lowest BCUT2D eigenvalue weighted by Gasteiger charge is -2.36. The van der Waals surface area contributed by atoms with Crippen LogP contribution in [0.25, 0.3) is 0 Å². The maximum Gasteiger partial charge on any atom is 0.434 e. The second-order valence-corrected chi connectivity index (χ2v) is 7.84. The fraction of sp³-hybridized carbons (Fsp3) is 0.706. The van der Waals surface area contributed by atoms with E-state index in [9.17, 15) is 18.0 Å². The summed E-state index contributed by atoms with van der Waals surface area (Å²) < 4.78 is 38.0. The van der Waals surface area contributed by atoms with Crippen molar-refractivity contribution in [2.24, 2.45) is 4.99 Å². The first-order valence-corrected chi connectivity index (χ1v) is 10.3. The monoisotopic (exact) mass is 546 g/mol. The molecule has 0 atom stereocenters. The van der Waals surface area contributed by atoms with Crippen LogP contribution in [0.4, 0.5) is 13.2 Å². The molecule has 3 rings (SSSR count). The molecule has 29 heavy (non-hydrogen) atoms. The number of carbonyl (C=O) groups excluding carboxylic acids is 1. The summed E-state index contributed by atoms with van der Waals surface area (Å²) >= 11 is 0.963. The minimum Gasteiger partial charge on any atom is -0.357 e. The number of hydrogen-bond acceptors (Lipinski definition) is 5. The van der Waals surface area contributed by atoms with E-state index in [-0.39, 0.29) is 36.4 Å². The number of hydrogen-bond donors (Lipinski definition) is 2. The zero-order valence-electron chi connectivity index (χ0n) is 16.2. The van der Waals surface area contributed by atoms with Crippen molar-refractivity contribution in [2.75, 3.05) is 39.3 Å². The van der Waals surface area contributed by atoms with Gasteiger partial charge in [-0.2, -0.15) is 13.2 Å². The molecule has 1 amide bonds. The molecule has 0 unspecified atom stereocenters. The smallest absolute Gasteiger partial charge is 0.357 e. The standard InChI is InChI=1S/C17H25F3N6OS.HI/c1-2-21-16(22-9-15-24-13(11-28-15)17(18,19)20)26-7-5-25(6-8-26)10-14(27)23-12-3-4-12;/h11-12H,2-10H2,1H3,(H,21,22)(H,23,27);1H. The summed E-state index contributed by atoms with van der Waals surface area (Å²) in [4.78, 5) is 24.2. The molecule has 0 aromatic carbocycles. The first-order chi connectivity index (χ1) is 13.3. The number of thiazole rings is 1. The number of rotatable bonds is 6. The van der Waals surface area contributed by atoms with Gasteiger partial charge in [0.15, 0.2) is 11.7 Å². The Morgan fingerprint density at radius 1 is 1.31 bits per heavy atom. The van der Waals surface area contributed by atoms with Crippen LogP contribution in [-0.4, -0.2) is 72.0 Å². The van der Waals surface area contributed by atoms with E-state index in [2.05, 4.69) is 30.4 Å². The van der Waals surface area contributed by atoms with Gasteiger partial charge < -0.3 is 15.5 Å². The first kappa shape index (κ1) is 24.1. The number of alkyl halides is 3. The summed E-state index contributed by atoms with van der Waals surface area (Å²) in [5.74, 6) is 0.731. The fourth-order valence-electron chi connectivity index (χ4n) is 2.90. The highest BCUT2D eigenvalue weighted by atomic mass is 127. The molecular weight excluding hydrogens is 520 g/mol. The maximum absolute atomic E-state index is 12.7. The maximum atomic E-state index is 12.7. The predicted molar refractivity (Wildman–Crippen MR) is 117 cm³/mol. The van der Waals surface area contributed by atoms with E-state index < -0.39 is 11.9 Å². The Kier molecular flexibility index (Phi) is 8.94. The number of guanidine groups is 1.